The van der Waals surface area contributed by atoms with Crippen molar-refractivity contribution in [3.8, 4) is 0 Å². The summed E-state index contributed by atoms with van der Waals surface area (Å²) >= 11 is 5.77. The van der Waals surface area contributed by atoms with Gasteiger partial charge in [-0.05, 0) is 31.5 Å². The molecule has 1 heterocycles. The summed E-state index contributed by atoms with van der Waals surface area (Å²) in [5.41, 5.74) is 0.682. The third-order valence-electron chi connectivity index (χ3n) is 3.12. The van der Waals surface area contributed by atoms with Crippen LogP contribution in [0.5, 0.6) is 0 Å². The van der Waals surface area contributed by atoms with Crippen LogP contribution in [0, 0.1) is 10.1 Å². The van der Waals surface area contributed by atoms with Gasteiger partial charge < -0.3 is 5.11 Å². The third-order valence-corrected chi connectivity index (χ3v) is 3.35. The first kappa shape index (κ1) is 13.3. The van der Waals surface area contributed by atoms with Crippen LogP contribution in [0.2, 0.25) is 5.02 Å². The predicted octanol–water partition coefficient (Wildman–Crippen LogP) is 2.20. The van der Waals surface area contributed by atoms with Gasteiger partial charge in [0, 0.05) is 29.7 Å². The Balaban J connectivity index is 2.15. The van der Waals surface area contributed by atoms with Crippen molar-refractivity contribution in [2.45, 2.75) is 25.5 Å². The van der Waals surface area contributed by atoms with E-state index in [0.717, 1.165) is 19.4 Å². The number of nitrogens with zero attached hydrogens (tertiary/aromatic N) is 2. The highest BCUT2D eigenvalue weighted by Crippen LogP contribution is 2.25. The Kier molecular flexibility index (Phi) is 4.16. The lowest BCUT2D eigenvalue weighted by molar-refractivity contribution is -0.385. The number of β-amino-alcohol motifs (C(OH)–C–C–N with tert-alkyl or cyclic N) is 1. The number of benzene rings is 1. The zero-order valence-electron chi connectivity index (χ0n) is 9.88. The third kappa shape index (κ3) is 3.19. The summed E-state index contributed by atoms with van der Waals surface area (Å²) in [6.07, 6.45) is 1.40. The van der Waals surface area contributed by atoms with Crippen molar-refractivity contribution >= 4 is 17.3 Å². The van der Waals surface area contributed by atoms with Gasteiger partial charge in [0.25, 0.3) is 5.69 Å². The predicted molar refractivity (Wildman–Crippen MR) is 68.6 cm³/mol. The summed E-state index contributed by atoms with van der Waals surface area (Å²) in [5.74, 6) is 0. The summed E-state index contributed by atoms with van der Waals surface area (Å²) in [7, 11) is 0. The van der Waals surface area contributed by atoms with E-state index >= 15 is 0 Å². The lowest BCUT2D eigenvalue weighted by Gasteiger charge is -2.29. The fourth-order valence-corrected chi connectivity index (χ4v) is 2.42. The molecule has 5 nitrogen and oxygen atoms in total. The second kappa shape index (κ2) is 5.65. The summed E-state index contributed by atoms with van der Waals surface area (Å²) < 4.78 is 0. The molecule has 0 saturated carbocycles. The van der Waals surface area contributed by atoms with Gasteiger partial charge in [0.1, 0.15) is 0 Å². The Bertz CT molecular complexity index is 453. The standard InChI is InChI=1S/C12H15ClN2O3/c13-10-4-3-9(12(6-10)15(17)18)7-14-5-1-2-11(16)8-14/h3-4,6,11,16H,1-2,5,7-8H2/t11-/m0/s1. The molecule has 0 spiro atoms. The number of hydrogen-bond donors (Lipinski definition) is 1. The largest absolute Gasteiger partial charge is 0.392 e. The van der Waals surface area contributed by atoms with Crippen LogP contribution in [0.4, 0.5) is 5.69 Å². The Morgan fingerprint density at radius 1 is 1.56 bits per heavy atom. The maximum Gasteiger partial charge on any atom is 0.275 e. The van der Waals surface area contributed by atoms with Crippen LogP contribution in [-0.2, 0) is 6.54 Å². The summed E-state index contributed by atoms with van der Waals surface area (Å²) in [4.78, 5) is 12.6. The highest BCUT2D eigenvalue weighted by Gasteiger charge is 2.21. The van der Waals surface area contributed by atoms with Crippen molar-refractivity contribution in [1.29, 1.82) is 0 Å². The maximum atomic E-state index is 11.0. The second-order valence-electron chi connectivity index (χ2n) is 4.56. The molecule has 0 aromatic heterocycles. The van der Waals surface area contributed by atoms with Gasteiger partial charge in [-0.25, -0.2) is 0 Å². The van der Waals surface area contributed by atoms with E-state index in [-0.39, 0.29) is 11.8 Å². The molecular weight excluding hydrogens is 256 g/mol. The molecule has 1 aliphatic heterocycles. The lowest BCUT2D eigenvalue weighted by Crippen LogP contribution is -2.37. The molecule has 18 heavy (non-hydrogen) atoms. The SMILES string of the molecule is O=[N+]([O-])c1cc(Cl)ccc1CN1CCC[C@H](O)C1. The highest BCUT2D eigenvalue weighted by molar-refractivity contribution is 6.30. The molecule has 1 atom stereocenters. The average molecular weight is 271 g/mol. The number of rotatable bonds is 3. The number of nitro groups is 1. The minimum Gasteiger partial charge on any atom is -0.392 e. The van der Waals surface area contributed by atoms with Crippen LogP contribution in [-0.4, -0.2) is 34.1 Å². The molecule has 1 fully saturated rings. The molecule has 98 valence electrons. The van der Waals surface area contributed by atoms with Crippen LogP contribution >= 0.6 is 11.6 Å². The number of hydrogen-bond acceptors (Lipinski definition) is 4. The van der Waals surface area contributed by atoms with Gasteiger partial charge in [0.2, 0.25) is 0 Å². The van der Waals surface area contributed by atoms with Crippen molar-refractivity contribution in [2.75, 3.05) is 13.1 Å². The molecule has 6 heteroatoms. The first-order valence-electron chi connectivity index (χ1n) is 5.89. The molecule has 1 N–H and O–H groups in total. The first-order valence-corrected chi connectivity index (χ1v) is 6.27. The number of piperidine rings is 1. The lowest BCUT2D eigenvalue weighted by atomic mass is 10.1. The van der Waals surface area contributed by atoms with Crippen LogP contribution in [0.15, 0.2) is 18.2 Å². The van der Waals surface area contributed by atoms with Crippen LogP contribution < -0.4 is 0 Å². The maximum absolute atomic E-state index is 11.0. The normalized spacial score (nSPS) is 20.9. The molecular formula is C12H15ClN2O3. The Morgan fingerprint density at radius 2 is 2.33 bits per heavy atom. The van der Waals surface area contributed by atoms with Crippen molar-refractivity contribution < 1.29 is 10.0 Å². The van der Waals surface area contributed by atoms with Crippen molar-refractivity contribution in [2.24, 2.45) is 0 Å². The average Bonchev–Trinajstić information content (AvgIpc) is 2.31. The summed E-state index contributed by atoms with van der Waals surface area (Å²) in [6, 6.07) is 4.71. The number of aliphatic hydroxyl groups excluding tert-OH is 1. The van der Waals surface area contributed by atoms with E-state index in [2.05, 4.69) is 0 Å². The molecule has 0 radical (unpaired) electrons. The Hall–Kier alpha value is -1.17. The van der Waals surface area contributed by atoms with Gasteiger partial charge in [-0.1, -0.05) is 11.6 Å². The minimum atomic E-state index is -0.415. The zero-order valence-corrected chi connectivity index (χ0v) is 10.6. The van der Waals surface area contributed by atoms with Crippen molar-refractivity contribution in [3.63, 3.8) is 0 Å². The van der Waals surface area contributed by atoms with Crippen LogP contribution in [0.3, 0.4) is 0 Å². The Morgan fingerprint density at radius 3 is 3.00 bits per heavy atom. The summed E-state index contributed by atoms with van der Waals surface area (Å²) in [5, 5.41) is 20.9. The zero-order chi connectivity index (χ0) is 13.1. The molecule has 1 aliphatic rings. The molecule has 2 rings (SSSR count). The van der Waals surface area contributed by atoms with E-state index in [0.29, 0.717) is 23.7 Å². The van der Waals surface area contributed by atoms with Gasteiger partial charge in [0.05, 0.1) is 11.0 Å². The van der Waals surface area contributed by atoms with E-state index in [1.54, 1.807) is 12.1 Å². The van der Waals surface area contributed by atoms with E-state index < -0.39 is 4.92 Å². The van der Waals surface area contributed by atoms with E-state index in [1.807, 2.05) is 4.90 Å². The van der Waals surface area contributed by atoms with E-state index in [4.69, 9.17) is 11.6 Å². The minimum absolute atomic E-state index is 0.0440. The number of likely N-dealkylation sites (tertiary alicyclic amines) is 1. The van der Waals surface area contributed by atoms with Gasteiger partial charge in [-0.3, -0.25) is 15.0 Å². The number of nitro benzene ring substituents is 1. The number of halogens is 1. The molecule has 0 amide bonds. The van der Waals surface area contributed by atoms with Crippen LogP contribution in [0.25, 0.3) is 0 Å². The molecule has 0 unspecified atom stereocenters. The van der Waals surface area contributed by atoms with Gasteiger partial charge in [0.15, 0.2) is 0 Å². The summed E-state index contributed by atoms with van der Waals surface area (Å²) in [6.45, 7) is 1.90. The van der Waals surface area contributed by atoms with Gasteiger partial charge >= 0.3 is 0 Å². The topological polar surface area (TPSA) is 66.6 Å². The van der Waals surface area contributed by atoms with Crippen molar-refractivity contribution in [3.05, 3.63) is 38.9 Å². The molecule has 0 bridgehead atoms. The van der Waals surface area contributed by atoms with Gasteiger partial charge in [-0.2, -0.15) is 0 Å². The van der Waals surface area contributed by atoms with Crippen LogP contribution in [0.1, 0.15) is 18.4 Å². The Labute approximate surface area is 110 Å². The molecule has 1 aromatic carbocycles. The number of aliphatic hydroxyl groups is 1. The fraction of sp³-hybridized carbons (Fsp3) is 0.500. The van der Waals surface area contributed by atoms with Crippen molar-refractivity contribution in [1.82, 2.24) is 4.90 Å². The molecule has 0 aliphatic carbocycles. The van der Waals surface area contributed by atoms with E-state index in [9.17, 15) is 15.2 Å². The fourth-order valence-electron chi connectivity index (χ4n) is 2.26. The molecule has 1 aromatic rings. The first-order chi connectivity index (χ1) is 8.56. The second-order valence-corrected chi connectivity index (χ2v) is 5.00. The monoisotopic (exact) mass is 270 g/mol. The van der Waals surface area contributed by atoms with E-state index in [1.165, 1.54) is 6.07 Å². The quantitative estimate of drug-likeness (QED) is 0.675. The highest BCUT2D eigenvalue weighted by atomic mass is 35.5. The smallest absolute Gasteiger partial charge is 0.275 e. The molecule has 1 saturated heterocycles. The van der Waals surface area contributed by atoms with Gasteiger partial charge in [-0.15, -0.1) is 0 Å².